The van der Waals surface area contributed by atoms with Crippen LogP contribution in [0.2, 0.25) is 0 Å². The third kappa shape index (κ3) is 6.41. The molecule has 1 N–H and O–H groups in total. The van der Waals surface area contributed by atoms with Crippen molar-refractivity contribution < 1.29 is 23.9 Å². The molecule has 0 saturated heterocycles. The number of H-pyrrole nitrogens is 1. The topological polar surface area (TPSA) is 168 Å². The molecule has 0 unspecified atom stereocenters. The largest absolute Gasteiger partial charge is 0.493 e. The Morgan fingerprint density at radius 3 is 2.54 bits per heavy atom. The number of nitrogens with one attached hydrogen (secondary N) is 1. The molecule has 2 aromatic carbocycles. The van der Waals surface area contributed by atoms with E-state index in [9.17, 15) is 24.5 Å². The Bertz CT molecular complexity index is 2170. The second kappa shape index (κ2) is 13.4. The first-order valence-electron chi connectivity index (χ1n) is 13.6. The number of hydrogen-bond acceptors (Lipinski definition) is 12. The molecule has 46 heavy (non-hydrogen) atoms. The summed E-state index contributed by atoms with van der Waals surface area (Å²) in [5.41, 5.74) is 0.867. The highest BCUT2D eigenvalue weighted by Crippen LogP contribution is 2.41. The molecule has 1 aliphatic rings. The van der Waals surface area contributed by atoms with Crippen LogP contribution >= 0.6 is 39.0 Å². The molecule has 2 aromatic heterocycles. The number of thiazole rings is 1. The Kier molecular flexibility index (Phi) is 9.60. The molecule has 0 radical (unpaired) electrons. The van der Waals surface area contributed by atoms with Gasteiger partial charge in [0.05, 0.1) is 52.5 Å². The van der Waals surface area contributed by atoms with E-state index in [1.807, 2.05) is 0 Å². The van der Waals surface area contributed by atoms with Gasteiger partial charge in [0.1, 0.15) is 0 Å². The predicted molar refractivity (Wildman–Crippen MR) is 174 cm³/mol. The van der Waals surface area contributed by atoms with Crippen molar-refractivity contribution in [1.82, 2.24) is 14.5 Å². The number of hydrogen-bond donors (Lipinski definition) is 1. The molecule has 0 amide bonds. The molecule has 0 aliphatic carbocycles. The van der Waals surface area contributed by atoms with Crippen LogP contribution in [-0.4, -0.2) is 46.3 Å². The Morgan fingerprint density at radius 2 is 1.89 bits per heavy atom. The van der Waals surface area contributed by atoms with Crippen LogP contribution in [0.4, 0.5) is 5.69 Å². The molecule has 238 valence electrons. The van der Waals surface area contributed by atoms with Crippen LogP contribution in [0.1, 0.15) is 36.7 Å². The first-order chi connectivity index (χ1) is 21.9. The van der Waals surface area contributed by atoms with Crippen LogP contribution in [-0.2, 0) is 9.53 Å². The maximum Gasteiger partial charge on any atom is 0.338 e. The number of benzene rings is 2. The van der Waals surface area contributed by atoms with E-state index >= 15 is 0 Å². The minimum atomic E-state index is -0.941. The van der Waals surface area contributed by atoms with Gasteiger partial charge in [-0.1, -0.05) is 33.3 Å². The number of nitro groups is 1. The van der Waals surface area contributed by atoms with Gasteiger partial charge in [0.2, 0.25) is 0 Å². The van der Waals surface area contributed by atoms with Crippen molar-refractivity contribution in [3.05, 3.63) is 109 Å². The number of rotatable bonds is 9. The van der Waals surface area contributed by atoms with Crippen LogP contribution in [0.5, 0.6) is 11.5 Å². The Hall–Kier alpha value is -4.54. The van der Waals surface area contributed by atoms with Crippen molar-refractivity contribution in [3.63, 3.8) is 0 Å². The summed E-state index contributed by atoms with van der Waals surface area (Å²) in [6.45, 7) is 5.12. The number of halogens is 1. The van der Waals surface area contributed by atoms with Gasteiger partial charge < -0.3 is 19.2 Å². The van der Waals surface area contributed by atoms with Gasteiger partial charge in [0.15, 0.2) is 21.5 Å². The van der Waals surface area contributed by atoms with Gasteiger partial charge in [-0.3, -0.25) is 24.3 Å². The summed E-state index contributed by atoms with van der Waals surface area (Å²) >= 11 is 5.60. The number of methoxy groups -OCH3 is 2. The summed E-state index contributed by atoms with van der Waals surface area (Å²) in [5, 5.41) is 12.2. The average Bonchev–Trinajstić information content (AvgIpc) is 3.30. The molecule has 0 bridgehead atoms. The summed E-state index contributed by atoms with van der Waals surface area (Å²) in [7, 11) is 2.98. The number of nitro benzene ring substituents is 1. The molecule has 0 fully saturated rings. The van der Waals surface area contributed by atoms with Crippen molar-refractivity contribution in [2.24, 2.45) is 4.99 Å². The van der Waals surface area contributed by atoms with Crippen molar-refractivity contribution in [2.45, 2.75) is 36.9 Å². The van der Waals surface area contributed by atoms with E-state index in [2.05, 4.69) is 30.9 Å². The van der Waals surface area contributed by atoms with Gasteiger partial charge in [-0.15, -0.1) is 0 Å². The predicted octanol–water partition coefficient (Wildman–Crippen LogP) is 4.03. The highest BCUT2D eigenvalue weighted by Gasteiger charge is 2.35. The summed E-state index contributed by atoms with van der Waals surface area (Å²) in [6.07, 6.45) is 1.53. The maximum atomic E-state index is 14.1. The van der Waals surface area contributed by atoms with Gasteiger partial charge in [-0.2, -0.15) is 0 Å². The molecule has 0 saturated carbocycles. The zero-order valence-corrected chi connectivity index (χ0v) is 28.3. The first-order valence-corrected chi connectivity index (χ1v) is 16.0. The molecule has 1 aliphatic heterocycles. The summed E-state index contributed by atoms with van der Waals surface area (Å²) in [4.78, 5) is 62.7. The van der Waals surface area contributed by atoms with Crippen molar-refractivity contribution in [3.8, 4) is 11.5 Å². The zero-order chi connectivity index (χ0) is 33.3. The number of ether oxygens (including phenoxy) is 3. The molecular formula is C30H26BrN5O8S2. The number of carbonyl (C=O) groups excluding carboxylic acids is 1. The summed E-state index contributed by atoms with van der Waals surface area (Å²) in [6, 6.07) is 8.24. The Morgan fingerprint density at radius 1 is 1.17 bits per heavy atom. The maximum absolute atomic E-state index is 14.1. The highest BCUT2D eigenvalue weighted by molar-refractivity contribution is 9.10. The fourth-order valence-corrected chi connectivity index (χ4v) is 7.38. The number of esters is 1. The minimum Gasteiger partial charge on any atom is -0.493 e. The minimum absolute atomic E-state index is 0.114. The van der Waals surface area contributed by atoms with Crippen LogP contribution in [0.15, 0.2) is 76.8 Å². The first kappa shape index (κ1) is 32.8. The fraction of sp³-hybridized carbons (Fsp3) is 0.233. The average molecular weight is 729 g/mol. The third-order valence-electron chi connectivity index (χ3n) is 6.85. The monoisotopic (exact) mass is 727 g/mol. The summed E-state index contributed by atoms with van der Waals surface area (Å²) in [5.74, 6) is 0.199. The lowest BCUT2D eigenvalue weighted by Crippen LogP contribution is -2.40. The van der Waals surface area contributed by atoms with Gasteiger partial charge in [-0.05, 0) is 67.9 Å². The zero-order valence-electron chi connectivity index (χ0n) is 25.1. The highest BCUT2D eigenvalue weighted by atomic mass is 79.9. The smallest absolute Gasteiger partial charge is 0.338 e. The number of carbonyl (C=O) groups is 1. The lowest BCUT2D eigenvalue weighted by Gasteiger charge is -2.26. The molecule has 1 atom stereocenters. The Balaban J connectivity index is 1.67. The van der Waals surface area contributed by atoms with Gasteiger partial charge in [-0.25, -0.2) is 14.8 Å². The van der Waals surface area contributed by atoms with E-state index in [1.54, 1.807) is 39.0 Å². The lowest BCUT2D eigenvalue weighted by atomic mass is 9.95. The van der Waals surface area contributed by atoms with E-state index in [4.69, 9.17) is 14.2 Å². The standard InChI is InChI=1S/C30H26BrN5O8S2/c1-6-44-28(39)25-15(3)33-30-35(26(25)17-12-20(42-4)21(43-5)13-18(17)31)27(38)23(46-30)11-16-7-8-22(19(10-16)36(40)41)45-29-32-14(2)9-24(37)34-29/h7-13,26H,6H2,1-5H3,(H,32,34,37)/b23-11+/t26-/m1/s1. The van der Waals surface area contributed by atoms with E-state index in [0.29, 0.717) is 43.3 Å². The van der Waals surface area contributed by atoms with Crippen LogP contribution in [0, 0.1) is 17.0 Å². The molecule has 3 heterocycles. The van der Waals surface area contributed by atoms with E-state index in [-0.39, 0.29) is 38.0 Å². The van der Waals surface area contributed by atoms with E-state index in [0.717, 1.165) is 23.1 Å². The van der Waals surface area contributed by atoms with Crippen molar-refractivity contribution in [1.29, 1.82) is 0 Å². The molecule has 5 rings (SSSR count). The number of allylic oxidation sites excluding steroid dienone is 1. The molecular weight excluding hydrogens is 702 g/mol. The van der Waals surface area contributed by atoms with Crippen LogP contribution < -0.4 is 29.9 Å². The van der Waals surface area contributed by atoms with Crippen LogP contribution in [0.3, 0.4) is 0 Å². The number of aromatic amines is 1. The van der Waals surface area contributed by atoms with E-state index < -0.39 is 22.5 Å². The van der Waals surface area contributed by atoms with Gasteiger partial charge in [0, 0.05) is 22.3 Å². The number of aromatic nitrogens is 3. The lowest BCUT2D eigenvalue weighted by molar-refractivity contribution is -0.387. The fourth-order valence-electron chi connectivity index (χ4n) is 4.87. The van der Waals surface area contributed by atoms with Crippen molar-refractivity contribution >= 4 is 56.8 Å². The second-order valence-corrected chi connectivity index (χ2v) is 12.7. The second-order valence-electron chi connectivity index (χ2n) is 9.81. The van der Waals surface area contributed by atoms with Gasteiger partial charge in [0.25, 0.3) is 16.8 Å². The quantitative estimate of drug-likeness (QED) is 0.115. The Labute approximate surface area is 277 Å². The molecule has 4 aromatic rings. The number of nitrogens with zero attached hydrogens (tertiary/aromatic N) is 4. The summed E-state index contributed by atoms with van der Waals surface area (Å²) < 4.78 is 18.5. The number of fused-ring (bicyclic) bond motifs is 1. The van der Waals surface area contributed by atoms with Crippen molar-refractivity contribution in [2.75, 3.05) is 20.8 Å². The molecule has 16 heteroatoms. The van der Waals surface area contributed by atoms with Crippen LogP contribution in [0.25, 0.3) is 6.08 Å². The number of aryl methyl sites for hydroxylation is 1. The van der Waals surface area contributed by atoms with Gasteiger partial charge >= 0.3 is 5.97 Å². The van der Waals surface area contributed by atoms with E-state index in [1.165, 1.54) is 43.1 Å². The molecule has 13 nitrogen and oxygen atoms in total. The normalized spacial score (nSPS) is 14.5. The third-order valence-corrected chi connectivity index (χ3v) is 9.47. The molecule has 0 spiro atoms. The SMILES string of the molecule is CCOC(=O)C1=C(C)N=c2s/c(=C/c3ccc(Sc4nc(C)cc(=O)[nH]4)c([N+](=O)[O-])c3)c(=O)n2[C@@H]1c1cc(OC)c(OC)cc1Br.